The zero-order valence-corrected chi connectivity index (χ0v) is 12.8. The quantitative estimate of drug-likeness (QED) is 0.682. The fourth-order valence-electron chi connectivity index (χ4n) is 2.03. The maximum Gasteiger partial charge on any atom is 0.219 e. The summed E-state index contributed by atoms with van der Waals surface area (Å²) in [5.41, 5.74) is 1.18. The van der Waals surface area contributed by atoms with E-state index in [9.17, 15) is 4.79 Å². The van der Waals surface area contributed by atoms with Gasteiger partial charge in [-0.1, -0.05) is 6.07 Å². The Kier molecular flexibility index (Phi) is 5.87. The predicted octanol–water partition coefficient (Wildman–Crippen LogP) is 1.85. The summed E-state index contributed by atoms with van der Waals surface area (Å²) in [6.45, 7) is 1.35. The van der Waals surface area contributed by atoms with Gasteiger partial charge < -0.3 is 20.1 Å². The second-order valence-corrected chi connectivity index (χ2v) is 5.27. The molecule has 21 heavy (non-hydrogen) atoms. The number of rotatable bonds is 9. The summed E-state index contributed by atoms with van der Waals surface area (Å²) in [6, 6.07) is 6.67. The van der Waals surface area contributed by atoms with E-state index >= 15 is 0 Å². The summed E-state index contributed by atoms with van der Waals surface area (Å²) in [5, 5.41) is 6.08. The van der Waals surface area contributed by atoms with Gasteiger partial charge in [0.1, 0.15) is 0 Å². The van der Waals surface area contributed by atoms with Crippen LogP contribution >= 0.6 is 0 Å². The van der Waals surface area contributed by atoms with E-state index in [1.807, 2.05) is 18.2 Å². The Bertz CT molecular complexity index is 473. The summed E-state index contributed by atoms with van der Waals surface area (Å²) >= 11 is 0. The summed E-state index contributed by atoms with van der Waals surface area (Å²) in [7, 11) is 3.28. The highest BCUT2D eigenvalue weighted by Crippen LogP contribution is 2.29. The third-order valence-electron chi connectivity index (χ3n) is 3.48. The van der Waals surface area contributed by atoms with Crippen molar-refractivity contribution in [3.8, 4) is 11.5 Å². The van der Waals surface area contributed by atoms with Crippen LogP contribution in [-0.4, -0.2) is 32.7 Å². The molecule has 0 saturated heterocycles. The van der Waals surface area contributed by atoms with Crippen LogP contribution in [0.2, 0.25) is 0 Å². The molecule has 0 radical (unpaired) electrons. The molecule has 0 atom stereocenters. The van der Waals surface area contributed by atoms with E-state index in [1.54, 1.807) is 14.2 Å². The van der Waals surface area contributed by atoms with Crippen LogP contribution in [0.4, 0.5) is 0 Å². The van der Waals surface area contributed by atoms with Gasteiger partial charge in [0.2, 0.25) is 5.91 Å². The maximum absolute atomic E-state index is 11.2. The van der Waals surface area contributed by atoms with Crippen LogP contribution < -0.4 is 20.1 Å². The minimum Gasteiger partial charge on any atom is -0.493 e. The second-order valence-electron chi connectivity index (χ2n) is 5.27. The Morgan fingerprint density at radius 3 is 2.81 bits per heavy atom. The Balaban J connectivity index is 1.85. The number of methoxy groups -OCH3 is 1. The Labute approximate surface area is 126 Å². The summed E-state index contributed by atoms with van der Waals surface area (Å²) in [5.74, 6) is 1.50. The highest BCUT2D eigenvalue weighted by Gasteiger charge is 2.20. The lowest BCUT2D eigenvalue weighted by Gasteiger charge is -2.12. The lowest BCUT2D eigenvalue weighted by atomic mass is 10.2. The van der Waals surface area contributed by atoms with Gasteiger partial charge in [-0.15, -0.1) is 0 Å². The normalized spacial score (nSPS) is 13.8. The third-order valence-corrected chi connectivity index (χ3v) is 3.48. The van der Waals surface area contributed by atoms with E-state index in [0.29, 0.717) is 25.5 Å². The van der Waals surface area contributed by atoms with Crippen LogP contribution in [0.5, 0.6) is 11.5 Å². The molecule has 2 rings (SSSR count). The van der Waals surface area contributed by atoms with Gasteiger partial charge in [0.15, 0.2) is 11.5 Å². The number of nitrogens with one attached hydrogen (secondary N) is 2. The molecule has 1 amide bonds. The lowest BCUT2D eigenvalue weighted by Crippen LogP contribution is -2.18. The molecule has 1 aromatic carbocycles. The third kappa shape index (κ3) is 5.27. The van der Waals surface area contributed by atoms with Gasteiger partial charge in [-0.05, 0) is 37.0 Å². The molecule has 1 aliphatic rings. The van der Waals surface area contributed by atoms with Crippen molar-refractivity contribution in [1.29, 1.82) is 0 Å². The van der Waals surface area contributed by atoms with Crippen molar-refractivity contribution in [1.82, 2.24) is 10.6 Å². The number of benzene rings is 1. The first-order valence-electron chi connectivity index (χ1n) is 7.46. The van der Waals surface area contributed by atoms with E-state index in [-0.39, 0.29) is 5.91 Å². The zero-order valence-electron chi connectivity index (χ0n) is 12.8. The van der Waals surface area contributed by atoms with Crippen LogP contribution in [0.25, 0.3) is 0 Å². The number of ether oxygens (including phenoxy) is 2. The van der Waals surface area contributed by atoms with Crippen molar-refractivity contribution in [3.63, 3.8) is 0 Å². The molecule has 0 heterocycles. The summed E-state index contributed by atoms with van der Waals surface area (Å²) < 4.78 is 11.1. The molecule has 0 aliphatic heterocycles. The number of hydrogen-bond donors (Lipinski definition) is 2. The average Bonchev–Trinajstić information content (AvgIpc) is 3.33. The van der Waals surface area contributed by atoms with Crippen molar-refractivity contribution < 1.29 is 14.3 Å². The first-order valence-corrected chi connectivity index (χ1v) is 7.46. The molecule has 1 aromatic rings. The van der Waals surface area contributed by atoms with E-state index in [1.165, 1.54) is 18.4 Å². The summed E-state index contributed by atoms with van der Waals surface area (Å²) in [6.07, 6.45) is 3.72. The Morgan fingerprint density at radius 2 is 2.14 bits per heavy atom. The highest BCUT2D eigenvalue weighted by atomic mass is 16.5. The monoisotopic (exact) mass is 292 g/mol. The van der Waals surface area contributed by atoms with Gasteiger partial charge in [-0.2, -0.15) is 0 Å². The minimum atomic E-state index is 0.0351. The van der Waals surface area contributed by atoms with E-state index in [0.717, 1.165) is 18.0 Å². The second kappa shape index (κ2) is 7.88. The van der Waals surface area contributed by atoms with Crippen molar-refractivity contribution in [2.75, 3.05) is 20.8 Å². The van der Waals surface area contributed by atoms with Crippen molar-refractivity contribution in [3.05, 3.63) is 23.8 Å². The fourth-order valence-corrected chi connectivity index (χ4v) is 2.03. The van der Waals surface area contributed by atoms with Gasteiger partial charge in [-0.3, -0.25) is 4.79 Å². The maximum atomic E-state index is 11.2. The molecule has 0 bridgehead atoms. The van der Waals surface area contributed by atoms with Gasteiger partial charge in [0.25, 0.3) is 0 Å². The van der Waals surface area contributed by atoms with Crippen molar-refractivity contribution >= 4 is 5.91 Å². The number of amides is 1. The molecule has 1 fully saturated rings. The molecule has 1 aliphatic carbocycles. The topological polar surface area (TPSA) is 59.6 Å². The zero-order chi connectivity index (χ0) is 15.1. The molecule has 0 aromatic heterocycles. The van der Waals surface area contributed by atoms with Gasteiger partial charge in [0, 0.05) is 26.1 Å². The smallest absolute Gasteiger partial charge is 0.219 e. The molecule has 0 unspecified atom stereocenters. The van der Waals surface area contributed by atoms with Gasteiger partial charge >= 0.3 is 0 Å². The molecule has 5 nitrogen and oxygen atoms in total. The van der Waals surface area contributed by atoms with E-state index in [2.05, 4.69) is 10.6 Å². The predicted molar refractivity (Wildman–Crippen MR) is 81.7 cm³/mol. The number of hydrogen-bond acceptors (Lipinski definition) is 4. The first kappa shape index (κ1) is 15.6. The Morgan fingerprint density at radius 1 is 1.33 bits per heavy atom. The first-order chi connectivity index (χ1) is 10.2. The van der Waals surface area contributed by atoms with Crippen LogP contribution in [0, 0.1) is 0 Å². The molecule has 0 spiro atoms. The van der Waals surface area contributed by atoms with Gasteiger partial charge in [0.05, 0.1) is 13.7 Å². The SMILES string of the molecule is CNC(=O)CCCOc1cc(CNC2CC2)ccc1OC. The summed E-state index contributed by atoms with van der Waals surface area (Å²) in [4.78, 5) is 11.2. The Hall–Kier alpha value is -1.75. The molecule has 2 N–H and O–H groups in total. The molecule has 1 saturated carbocycles. The lowest BCUT2D eigenvalue weighted by molar-refractivity contribution is -0.120. The van der Waals surface area contributed by atoms with Gasteiger partial charge in [-0.25, -0.2) is 0 Å². The molecule has 5 heteroatoms. The number of carbonyl (C=O) groups excluding carboxylic acids is 1. The molecular weight excluding hydrogens is 268 g/mol. The molecular formula is C16H24N2O3. The van der Waals surface area contributed by atoms with Crippen LogP contribution in [0.1, 0.15) is 31.2 Å². The number of carbonyl (C=O) groups is 1. The minimum absolute atomic E-state index is 0.0351. The van der Waals surface area contributed by atoms with Crippen molar-refractivity contribution in [2.24, 2.45) is 0 Å². The molecule has 116 valence electrons. The fraction of sp³-hybridized carbons (Fsp3) is 0.562. The van der Waals surface area contributed by atoms with E-state index in [4.69, 9.17) is 9.47 Å². The standard InChI is InChI=1S/C16H24N2O3/c1-17-16(19)4-3-9-21-15-10-12(5-8-14(15)20-2)11-18-13-6-7-13/h5,8,10,13,18H,3-4,6-7,9,11H2,1-2H3,(H,17,19). The van der Waals surface area contributed by atoms with Crippen LogP contribution in [0.15, 0.2) is 18.2 Å². The highest BCUT2D eigenvalue weighted by molar-refractivity contribution is 5.75. The van der Waals surface area contributed by atoms with E-state index < -0.39 is 0 Å². The average molecular weight is 292 g/mol. The van der Waals surface area contributed by atoms with Crippen LogP contribution in [0.3, 0.4) is 0 Å². The van der Waals surface area contributed by atoms with Crippen molar-refractivity contribution in [2.45, 2.75) is 38.3 Å². The largest absolute Gasteiger partial charge is 0.493 e. The van der Waals surface area contributed by atoms with Crippen LogP contribution in [-0.2, 0) is 11.3 Å².